The molecule has 0 atom stereocenters. The summed E-state index contributed by atoms with van der Waals surface area (Å²) in [7, 11) is 0. The molecule has 3 N–H and O–H groups in total. The molecule has 8 heteroatoms. The van der Waals surface area contributed by atoms with Crippen LogP contribution in [0.1, 0.15) is 11.1 Å². The second-order valence-electron chi connectivity index (χ2n) is 9.16. The van der Waals surface area contributed by atoms with Gasteiger partial charge in [0.15, 0.2) is 5.82 Å². The number of nitrogens with zero attached hydrogens (tertiary/aromatic N) is 4. The van der Waals surface area contributed by atoms with Crippen LogP contribution in [0.4, 0.5) is 0 Å². The highest BCUT2D eigenvalue weighted by atomic mass is 32.1. The van der Waals surface area contributed by atoms with Gasteiger partial charge >= 0.3 is 0 Å². The zero-order chi connectivity index (χ0) is 25.3. The van der Waals surface area contributed by atoms with Gasteiger partial charge in [-0.15, -0.1) is 0 Å². The largest absolute Gasteiger partial charge is 0.336 e. The molecule has 0 bridgehead atoms. The van der Waals surface area contributed by atoms with Gasteiger partial charge in [-0.3, -0.25) is 15.1 Å². The van der Waals surface area contributed by atoms with Gasteiger partial charge in [0.25, 0.3) is 0 Å². The first-order chi connectivity index (χ1) is 18.8. The Morgan fingerprint density at radius 3 is 2.61 bits per heavy atom. The molecule has 7 nitrogen and oxygen atoms in total. The number of pyridine rings is 2. The van der Waals surface area contributed by atoms with E-state index in [1.165, 1.54) is 5.56 Å². The van der Waals surface area contributed by atoms with Crippen LogP contribution >= 0.6 is 11.3 Å². The summed E-state index contributed by atoms with van der Waals surface area (Å²) < 4.78 is 0. The van der Waals surface area contributed by atoms with Crippen LogP contribution in [-0.4, -0.2) is 30.1 Å². The van der Waals surface area contributed by atoms with E-state index >= 15 is 0 Å². The number of aromatic amines is 2. The highest BCUT2D eigenvalue weighted by molar-refractivity contribution is 7.08. The molecule has 0 unspecified atom stereocenters. The number of thiophene rings is 1. The molecule has 0 fully saturated rings. The normalized spacial score (nSPS) is 11.5. The van der Waals surface area contributed by atoms with E-state index in [0.717, 1.165) is 68.7 Å². The zero-order valence-corrected chi connectivity index (χ0v) is 21.2. The number of hydrogen-bond donors (Lipinski definition) is 3. The molecule has 0 radical (unpaired) electrons. The Labute approximate surface area is 222 Å². The molecule has 0 saturated carbocycles. The van der Waals surface area contributed by atoms with Crippen LogP contribution in [0.2, 0.25) is 0 Å². The Kier molecular flexibility index (Phi) is 5.73. The van der Waals surface area contributed by atoms with Crippen LogP contribution in [0.5, 0.6) is 0 Å². The first-order valence-corrected chi connectivity index (χ1v) is 13.3. The predicted octanol–water partition coefficient (Wildman–Crippen LogP) is 6.58. The number of H-pyrrole nitrogens is 2. The van der Waals surface area contributed by atoms with Crippen LogP contribution in [0.3, 0.4) is 0 Å². The van der Waals surface area contributed by atoms with Gasteiger partial charge in [0.05, 0.1) is 16.7 Å². The Morgan fingerprint density at radius 2 is 1.71 bits per heavy atom. The van der Waals surface area contributed by atoms with Crippen LogP contribution in [0.25, 0.3) is 55.8 Å². The van der Waals surface area contributed by atoms with Crippen molar-refractivity contribution in [3.8, 4) is 33.9 Å². The predicted molar refractivity (Wildman–Crippen MR) is 153 cm³/mol. The third-order valence-corrected chi connectivity index (χ3v) is 7.30. The van der Waals surface area contributed by atoms with Crippen molar-refractivity contribution >= 4 is 33.3 Å². The van der Waals surface area contributed by atoms with Crippen LogP contribution in [0, 0.1) is 0 Å². The molecule has 0 saturated heterocycles. The molecular formula is C30H23N7S. The Balaban J connectivity index is 1.20. The van der Waals surface area contributed by atoms with Crippen molar-refractivity contribution in [2.24, 2.45) is 0 Å². The Hall–Kier alpha value is -4.66. The van der Waals surface area contributed by atoms with Gasteiger partial charge in [0.1, 0.15) is 11.2 Å². The number of fused-ring (bicyclic) bond motifs is 2. The van der Waals surface area contributed by atoms with Gasteiger partial charge in [-0.2, -0.15) is 16.4 Å². The van der Waals surface area contributed by atoms with Crippen molar-refractivity contribution in [3.63, 3.8) is 0 Å². The molecule has 0 aliphatic carbocycles. The lowest BCUT2D eigenvalue weighted by Gasteiger charge is -2.07. The van der Waals surface area contributed by atoms with Gasteiger partial charge in [0.2, 0.25) is 0 Å². The second-order valence-corrected chi connectivity index (χ2v) is 9.94. The Morgan fingerprint density at radius 1 is 0.789 bits per heavy atom. The maximum atomic E-state index is 4.92. The third-order valence-electron chi connectivity index (χ3n) is 6.61. The summed E-state index contributed by atoms with van der Waals surface area (Å²) in [6.45, 7) is 1.56. The molecule has 0 amide bonds. The first kappa shape index (κ1) is 22.5. The average molecular weight is 514 g/mol. The van der Waals surface area contributed by atoms with Gasteiger partial charge in [-0.05, 0) is 52.4 Å². The summed E-state index contributed by atoms with van der Waals surface area (Å²) in [5.41, 5.74) is 9.98. The zero-order valence-electron chi connectivity index (χ0n) is 20.3. The van der Waals surface area contributed by atoms with Gasteiger partial charge in [0, 0.05) is 53.6 Å². The maximum Gasteiger partial charge on any atom is 0.159 e. The highest BCUT2D eigenvalue weighted by Gasteiger charge is 2.16. The van der Waals surface area contributed by atoms with Crippen LogP contribution in [-0.2, 0) is 13.1 Å². The topological polar surface area (TPSA) is 95.2 Å². The van der Waals surface area contributed by atoms with Crippen molar-refractivity contribution in [2.75, 3.05) is 0 Å². The van der Waals surface area contributed by atoms with Crippen molar-refractivity contribution in [1.29, 1.82) is 0 Å². The fraction of sp³-hybridized carbons (Fsp3) is 0.0667. The lowest BCUT2D eigenvalue weighted by molar-refractivity contribution is 0.691. The molecule has 2 aromatic carbocycles. The monoisotopic (exact) mass is 513 g/mol. The lowest BCUT2D eigenvalue weighted by atomic mass is 10.0. The van der Waals surface area contributed by atoms with E-state index < -0.39 is 0 Å². The summed E-state index contributed by atoms with van der Waals surface area (Å²) >= 11 is 1.65. The van der Waals surface area contributed by atoms with E-state index in [1.807, 2.05) is 30.7 Å². The van der Waals surface area contributed by atoms with E-state index in [0.29, 0.717) is 5.82 Å². The quantitative estimate of drug-likeness (QED) is 0.224. The number of rotatable bonds is 7. The number of aromatic nitrogens is 6. The minimum atomic E-state index is 0.713. The summed E-state index contributed by atoms with van der Waals surface area (Å²) in [6.07, 6.45) is 5.63. The fourth-order valence-electron chi connectivity index (χ4n) is 4.72. The van der Waals surface area contributed by atoms with Crippen LogP contribution in [0.15, 0.2) is 96.1 Å². The average Bonchev–Trinajstić information content (AvgIpc) is 3.73. The Bertz CT molecular complexity index is 1850. The number of benzene rings is 2. The van der Waals surface area contributed by atoms with Gasteiger partial charge in [-0.1, -0.05) is 36.4 Å². The molecule has 0 aliphatic heterocycles. The molecular weight excluding hydrogens is 490 g/mol. The van der Waals surface area contributed by atoms with E-state index in [9.17, 15) is 0 Å². The summed E-state index contributed by atoms with van der Waals surface area (Å²) in [4.78, 5) is 17.5. The minimum Gasteiger partial charge on any atom is -0.336 e. The van der Waals surface area contributed by atoms with E-state index in [2.05, 4.69) is 95.8 Å². The summed E-state index contributed by atoms with van der Waals surface area (Å²) in [6, 6.07) is 22.9. The van der Waals surface area contributed by atoms with Gasteiger partial charge < -0.3 is 10.3 Å². The second kappa shape index (κ2) is 9.66. The third kappa shape index (κ3) is 4.26. The van der Waals surface area contributed by atoms with E-state index in [4.69, 9.17) is 4.98 Å². The minimum absolute atomic E-state index is 0.713. The summed E-state index contributed by atoms with van der Waals surface area (Å²) in [5.74, 6) is 0.713. The number of hydrogen-bond acceptors (Lipinski definition) is 6. The fourth-order valence-corrected chi connectivity index (χ4v) is 5.36. The molecule has 5 aromatic heterocycles. The van der Waals surface area contributed by atoms with Gasteiger partial charge in [-0.25, -0.2) is 4.98 Å². The molecule has 38 heavy (non-hydrogen) atoms. The van der Waals surface area contributed by atoms with Crippen molar-refractivity contribution < 1.29 is 0 Å². The number of nitrogens with one attached hydrogen (secondary N) is 3. The standard InChI is InChI=1S/C30H23N7S/c1-2-4-19(5-3-1)14-31-15-20-12-23(17-32-16-20)21-6-7-25-24(13-21)28(37-36-25)30-34-26-8-10-33-27(29(26)35-30)22-9-11-38-18-22/h1-13,16-18,31H,14-15H2,(H,34,35)(H,36,37). The smallest absolute Gasteiger partial charge is 0.159 e. The van der Waals surface area contributed by atoms with Crippen LogP contribution < -0.4 is 5.32 Å². The van der Waals surface area contributed by atoms with E-state index in [1.54, 1.807) is 11.3 Å². The van der Waals surface area contributed by atoms with Crippen molar-refractivity contribution in [1.82, 2.24) is 35.5 Å². The molecule has 0 aliphatic rings. The molecule has 0 spiro atoms. The number of imidazole rings is 1. The maximum absolute atomic E-state index is 4.92. The van der Waals surface area contributed by atoms with E-state index in [-0.39, 0.29) is 0 Å². The highest BCUT2D eigenvalue weighted by Crippen LogP contribution is 2.32. The van der Waals surface area contributed by atoms with Crippen molar-refractivity contribution in [3.05, 3.63) is 107 Å². The molecule has 5 heterocycles. The molecule has 184 valence electrons. The summed E-state index contributed by atoms with van der Waals surface area (Å²) in [5, 5.41) is 16.4. The SMILES string of the molecule is c1ccc(CNCc2cncc(-c3ccc4[nH]nc(-c5nc6c(-c7ccsc7)nccc6[nH]5)c4c3)c2)cc1. The molecule has 7 aromatic rings. The van der Waals surface area contributed by atoms with Crippen molar-refractivity contribution in [2.45, 2.75) is 13.1 Å². The molecule has 7 rings (SSSR count). The first-order valence-electron chi connectivity index (χ1n) is 12.4. The lowest BCUT2D eigenvalue weighted by Crippen LogP contribution is -2.12.